The Kier molecular flexibility index (Phi) is 4.35. The largest absolute Gasteiger partial charge is 0.435 e. The quantitative estimate of drug-likeness (QED) is 0.915. The number of halogens is 2. The highest BCUT2D eigenvalue weighted by atomic mass is 32.1. The highest BCUT2D eigenvalue weighted by Gasteiger charge is 2.08. The lowest BCUT2D eigenvalue weighted by Crippen LogP contribution is -2.14. The van der Waals surface area contributed by atoms with Crippen molar-refractivity contribution in [3.05, 3.63) is 35.3 Å². The molecule has 0 bridgehead atoms. The first-order chi connectivity index (χ1) is 9.13. The van der Waals surface area contributed by atoms with Gasteiger partial charge in [0.05, 0.1) is 6.42 Å². The molecule has 0 saturated carbocycles. The molecule has 0 aliphatic carbocycles. The summed E-state index contributed by atoms with van der Waals surface area (Å²) in [7, 11) is 0. The second-order valence-corrected chi connectivity index (χ2v) is 4.33. The maximum absolute atomic E-state index is 12.1. The maximum atomic E-state index is 12.1. The van der Waals surface area contributed by atoms with Gasteiger partial charge in [-0.25, -0.2) is 0 Å². The van der Waals surface area contributed by atoms with Gasteiger partial charge in [-0.3, -0.25) is 4.79 Å². The fourth-order valence-electron chi connectivity index (χ4n) is 1.41. The molecule has 0 unspecified atom stereocenters. The number of aromatic nitrogens is 2. The SMILES string of the molecule is O=C(Cc1cccc(OC(F)F)c1)Nc1nncs1. The number of amides is 1. The standard InChI is InChI=1S/C11H9F2N3O2S/c12-10(13)18-8-3-1-2-7(4-8)5-9(17)15-11-16-14-6-19-11/h1-4,6,10H,5H2,(H,15,16,17). The minimum atomic E-state index is -2.88. The number of benzene rings is 1. The molecule has 19 heavy (non-hydrogen) atoms. The Morgan fingerprint density at radius 2 is 2.32 bits per heavy atom. The number of carbonyl (C=O) groups excluding carboxylic acids is 1. The second kappa shape index (κ2) is 6.19. The van der Waals surface area contributed by atoms with Gasteiger partial charge in [0.2, 0.25) is 11.0 Å². The molecule has 100 valence electrons. The monoisotopic (exact) mass is 285 g/mol. The lowest BCUT2D eigenvalue weighted by molar-refractivity contribution is -0.115. The zero-order valence-electron chi connectivity index (χ0n) is 9.55. The minimum absolute atomic E-state index is 0.0243. The predicted molar refractivity (Wildman–Crippen MR) is 65.3 cm³/mol. The number of ether oxygens (including phenoxy) is 1. The predicted octanol–water partition coefficient (Wildman–Crippen LogP) is 2.32. The number of anilines is 1. The van der Waals surface area contributed by atoms with E-state index in [1.165, 1.54) is 29.0 Å². The van der Waals surface area contributed by atoms with Crippen molar-refractivity contribution in [2.75, 3.05) is 5.32 Å². The van der Waals surface area contributed by atoms with Crippen LogP contribution in [0, 0.1) is 0 Å². The Morgan fingerprint density at radius 1 is 1.47 bits per heavy atom. The smallest absolute Gasteiger partial charge is 0.387 e. The van der Waals surface area contributed by atoms with E-state index in [1.807, 2.05) is 0 Å². The first kappa shape index (κ1) is 13.3. The first-order valence-electron chi connectivity index (χ1n) is 5.23. The molecule has 8 heteroatoms. The molecule has 1 aromatic carbocycles. The van der Waals surface area contributed by atoms with Gasteiger partial charge < -0.3 is 10.1 Å². The molecule has 0 aliphatic heterocycles. The van der Waals surface area contributed by atoms with Gasteiger partial charge in [0.25, 0.3) is 0 Å². The van der Waals surface area contributed by atoms with Crippen LogP contribution in [0.1, 0.15) is 5.56 Å². The van der Waals surface area contributed by atoms with Crippen LogP contribution in [0.25, 0.3) is 0 Å². The summed E-state index contributed by atoms with van der Waals surface area (Å²) in [5.74, 6) is -0.276. The molecule has 0 aliphatic rings. The number of nitrogens with one attached hydrogen (secondary N) is 1. The van der Waals surface area contributed by atoms with Crippen LogP contribution in [0.15, 0.2) is 29.8 Å². The molecule has 2 rings (SSSR count). The fraction of sp³-hybridized carbons (Fsp3) is 0.182. The zero-order chi connectivity index (χ0) is 13.7. The molecule has 2 aromatic rings. The number of nitrogens with zero attached hydrogens (tertiary/aromatic N) is 2. The normalized spacial score (nSPS) is 10.5. The third kappa shape index (κ3) is 4.25. The molecular formula is C11H9F2N3O2S. The van der Waals surface area contributed by atoms with Crippen molar-refractivity contribution in [1.29, 1.82) is 0 Å². The van der Waals surface area contributed by atoms with E-state index < -0.39 is 6.61 Å². The van der Waals surface area contributed by atoms with Crippen molar-refractivity contribution >= 4 is 22.4 Å². The molecule has 5 nitrogen and oxygen atoms in total. The second-order valence-electron chi connectivity index (χ2n) is 3.49. The van der Waals surface area contributed by atoms with E-state index in [2.05, 4.69) is 20.3 Å². The molecule has 0 radical (unpaired) electrons. The average molecular weight is 285 g/mol. The van der Waals surface area contributed by atoms with Crippen molar-refractivity contribution in [2.24, 2.45) is 0 Å². The number of carbonyl (C=O) groups is 1. The minimum Gasteiger partial charge on any atom is -0.435 e. The van der Waals surface area contributed by atoms with E-state index in [9.17, 15) is 13.6 Å². The lowest BCUT2D eigenvalue weighted by Gasteiger charge is -2.06. The Balaban J connectivity index is 1.96. The summed E-state index contributed by atoms with van der Waals surface area (Å²) >= 11 is 1.20. The topological polar surface area (TPSA) is 64.1 Å². The number of hydrogen-bond donors (Lipinski definition) is 1. The zero-order valence-corrected chi connectivity index (χ0v) is 10.4. The van der Waals surface area contributed by atoms with Crippen LogP contribution in [-0.4, -0.2) is 22.7 Å². The summed E-state index contributed by atoms with van der Waals surface area (Å²) in [6.07, 6.45) is 0.0417. The van der Waals surface area contributed by atoms with Gasteiger partial charge >= 0.3 is 6.61 Å². The van der Waals surface area contributed by atoms with E-state index in [-0.39, 0.29) is 18.1 Å². The molecule has 1 heterocycles. The maximum Gasteiger partial charge on any atom is 0.387 e. The van der Waals surface area contributed by atoms with Crippen molar-refractivity contribution in [1.82, 2.24) is 10.2 Å². The molecular weight excluding hydrogens is 276 g/mol. The van der Waals surface area contributed by atoms with Crippen molar-refractivity contribution in [3.8, 4) is 5.75 Å². The number of alkyl halides is 2. The van der Waals surface area contributed by atoms with E-state index >= 15 is 0 Å². The van der Waals surface area contributed by atoms with Crippen molar-refractivity contribution < 1.29 is 18.3 Å². The third-order valence-corrected chi connectivity index (χ3v) is 2.70. The van der Waals surface area contributed by atoms with Crippen LogP contribution in [0.3, 0.4) is 0 Å². The van der Waals surface area contributed by atoms with Gasteiger partial charge in [0, 0.05) is 0 Å². The Bertz CT molecular complexity index is 549. The first-order valence-corrected chi connectivity index (χ1v) is 6.11. The van der Waals surface area contributed by atoms with Gasteiger partial charge in [0.1, 0.15) is 11.3 Å². The Hall–Kier alpha value is -2.09. The highest BCUT2D eigenvalue weighted by Crippen LogP contribution is 2.17. The van der Waals surface area contributed by atoms with Gasteiger partial charge in [-0.2, -0.15) is 8.78 Å². The van der Waals surface area contributed by atoms with Gasteiger partial charge in [-0.05, 0) is 17.7 Å². The van der Waals surface area contributed by atoms with E-state index in [4.69, 9.17) is 0 Å². The van der Waals surface area contributed by atoms with E-state index in [0.29, 0.717) is 10.7 Å². The van der Waals surface area contributed by atoms with Crippen LogP contribution in [0.2, 0.25) is 0 Å². The highest BCUT2D eigenvalue weighted by molar-refractivity contribution is 7.13. The van der Waals surface area contributed by atoms with Crippen LogP contribution in [0.5, 0.6) is 5.75 Å². The summed E-state index contributed by atoms with van der Waals surface area (Å²) in [6, 6.07) is 5.99. The summed E-state index contributed by atoms with van der Waals surface area (Å²) in [5, 5.41) is 10.2. The molecule has 0 atom stereocenters. The van der Waals surface area contributed by atoms with Crippen molar-refractivity contribution in [2.45, 2.75) is 13.0 Å². The summed E-state index contributed by atoms with van der Waals surface area (Å²) in [6.45, 7) is -2.88. The van der Waals surface area contributed by atoms with Gasteiger partial charge in [-0.15, -0.1) is 10.2 Å². The summed E-state index contributed by atoms with van der Waals surface area (Å²) < 4.78 is 28.4. The number of rotatable bonds is 5. The summed E-state index contributed by atoms with van der Waals surface area (Å²) in [4.78, 5) is 11.7. The molecule has 0 fully saturated rings. The summed E-state index contributed by atoms with van der Waals surface area (Å²) in [5.41, 5.74) is 2.06. The van der Waals surface area contributed by atoms with Crippen LogP contribution >= 0.6 is 11.3 Å². The van der Waals surface area contributed by atoms with E-state index in [0.717, 1.165) is 0 Å². The fourth-order valence-corrected chi connectivity index (χ4v) is 1.87. The van der Waals surface area contributed by atoms with Gasteiger partial charge in [-0.1, -0.05) is 23.5 Å². The Morgan fingerprint density at radius 3 is 3.00 bits per heavy atom. The average Bonchev–Trinajstić information content (AvgIpc) is 2.81. The lowest BCUT2D eigenvalue weighted by atomic mass is 10.1. The van der Waals surface area contributed by atoms with Crippen LogP contribution in [0.4, 0.5) is 13.9 Å². The molecule has 1 aromatic heterocycles. The molecule has 0 spiro atoms. The third-order valence-electron chi connectivity index (χ3n) is 2.09. The van der Waals surface area contributed by atoms with E-state index in [1.54, 1.807) is 12.1 Å². The van der Waals surface area contributed by atoms with Crippen LogP contribution in [-0.2, 0) is 11.2 Å². The number of hydrogen-bond acceptors (Lipinski definition) is 5. The molecule has 1 amide bonds. The van der Waals surface area contributed by atoms with Crippen molar-refractivity contribution in [3.63, 3.8) is 0 Å². The van der Waals surface area contributed by atoms with Crippen LogP contribution < -0.4 is 10.1 Å². The van der Waals surface area contributed by atoms with Gasteiger partial charge in [0.15, 0.2) is 0 Å². The molecule has 0 saturated heterocycles. The molecule has 1 N–H and O–H groups in total. The Labute approximate surface area is 111 Å².